The third kappa shape index (κ3) is 2.68. The fourth-order valence-corrected chi connectivity index (χ4v) is 2.07. The second-order valence-corrected chi connectivity index (χ2v) is 4.17. The summed E-state index contributed by atoms with van der Waals surface area (Å²) in [4.78, 5) is 14.0. The summed E-state index contributed by atoms with van der Waals surface area (Å²) in [7, 11) is 0. The molecular formula is C10H18N4O. The second kappa shape index (κ2) is 4.61. The Bertz CT molecular complexity index is 362. The molecule has 5 nitrogen and oxygen atoms in total. The van der Waals surface area contributed by atoms with Gasteiger partial charge in [-0.15, -0.1) is 0 Å². The zero-order chi connectivity index (χ0) is 10.7. The van der Waals surface area contributed by atoms with E-state index in [-0.39, 0.29) is 5.69 Å². The lowest BCUT2D eigenvalue weighted by molar-refractivity contribution is 0.358. The normalized spacial score (nSPS) is 21.8. The van der Waals surface area contributed by atoms with Gasteiger partial charge >= 0.3 is 5.69 Å². The van der Waals surface area contributed by atoms with Gasteiger partial charge in [-0.2, -0.15) is 5.10 Å². The molecule has 2 heterocycles. The van der Waals surface area contributed by atoms with Crippen LogP contribution in [0.2, 0.25) is 0 Å². The van der Waals surface area contributed by atoms with Gasteiger partial charge < -0.3 is 5.32 Å². The van der Waals surface area contributed by atoms with Crippen molar-refractivity contribution in [2.24, 2.45) is 0 Å². The minimum absolute atomic E-state index is 0.0942. The number of hydrogen-bond donors (Lipinski definition) is 2. The first kappa shape index (κ1) is 10.4. The number of nitrogens with zero attached hydrogens (tertiary/aromatic N) is 2. The van der Waals surface area contributed by atoms with Gasteiger partial charge in [0, 0.05) is 12.6 Å². The molecule has 84 valence electrons. The first-order chi connectivity index (χ1) is 7.25. The Labute approximate surface area is 88.9 Å². The summed E-state index contributed by atoms with van der Waals surface area (Å²) < 4.78 is 1.52. The molecule has 1 fully saturated rings. The molecule has 0 aliphatic carbocycles. The van der Waals surface area contributed by atoms with Crippen molar-refractivity contribution in [3.05, 3.63) is 16.3 Å². The molecule has 5 heteroatoms. The van der Waals surface area contributed by atoms with Crippen LogP contribution in [-0.4, -0.2) is 27.4 Å². The number of aromatic amines is 1. The predicted octanol–water partition coefficient (Wildman–Crippen LogP) is 0.412. The minimum Gasteiger partial charge on any atom is -0.314 e. The third-order valence-corrected chi connectivity index (χ3v) is 2.89. The first-order valence-electron chi connectivity index (χ1n) is 5.63. The molecule has 1 aromatic rings. The zero-order valence-electron chi connectivity index (χ0n) is 9.12. The fraction of sp³-hybridized carbons (Fsp3) is 0.800. The molecule has 0 radical (unpaired) electrons. The topological polar surface area (TPSA) is 62.7 Å². The van der Waals surface area contributed by atoms with Crippen LogP contribution in [0.25, 0.3) is 0 Å². The van der Waals surface area contributed by atoms with Gasteiger partial charge in [-0.05, 0) is 32.7 Å². The van der Waals surface area contributed by atoms with E-state index in [1.165, 1.54) is 23.9 Å². The molecule has 0 bridgehead atoms. The van der Waals surface area contributed by atoms with Crippen LogP contribution in [0.5, 0.6) is 0 Å². The predicted molar refractivity (Wildman–Crippen MR) is 57.8 cm³/mol. The van der Waals surface area contributed by atoms with E-state index in [4.69, 9.17) is 0 Å². The monoisotopic (exact) mass is 210 g/mol. The van der Waals surface area contributed by atoms with Gasteiger partial charge in [0.1, 0.15) is 5.82 Å². The van der Waals surface area contributed by atoms with Gasteiger partial charge in [-0.25, -0.2) is 9.48 Å². The summed E-state index contributed by atoms with van der Waals surface area (Å²) in [5, 5.41) is 7.58. The molecule has 1 saturated heterocycles. The molecule has 2 N–H and O–H groups in total. The van der Waals surface area contributed by atoms with Gasteiger partial charge in [0.05, 0.1) is 0 Å². The Hall–Kier alpha value is -1.10. The summed E-state index contributed by atoms with van der Waals surface area (Å²) in [6.07, 6.45) is 4.78. The molecule has 1 aliphatic heterocycles. The molecule has 0 amide bonds. The highest BCUT2D eigenvalue weighted by molar-refractivity contribution is 4.77. The first-order valence-corrected chi connectivity index (χ1v) is 5.63. The molecule has 0 aromatic carbocycles. The van der Waals surface area contributed by atoms with E-state index in [0.717, 1.165) is 13.0 Å². The van der Waals surface area contributed by atoms with Crippen molar-refractivity contribution in [2.75, 3.05) is 6.54 Å². The van der Waals surface area contributed by atoms with Crippen molar-refractivity contribution >= 4 is 0 Å². The van der Waals surface area contributed by atoms with Gasteiger partial charge in [0.15, 0.2) is 0 Å². The van der Waals surface area contributed by atoms with Crippen LogP contribution in [0.1, 0.15) is 31.5 Å². The van der Waals surface area contributed by atoms with E-state index < -0.39 is 0 Å². The number of aryl methyl sites for hydroxylation is 2. The standard InChI is InChI=1S/C10H18N4O/c1-8-12-10(15)14(13-8)7-5-9-4-2-3-6-11-9/h9,11H,2-7H2,1H3,(H,12,13,15). The van der Waals surface area contributed by atoms with Crippen molar-refractivity contribution in [3.8, 4) is 0 Å². The second-order valence-electron chi connectivity index (χ2n) is 4.17. The van der Waals surface area contributed by atoms with Crippen molar-refractivity contribution < 1.29 is 0 Å². The van der Waals surface area contributed by atoms with Crippen molar-refractivity contribution in [3.63, 3.8) is 0 Å². The van der Waals surface area contributed by atoms with E-state index in [1.807, 2.05) is 0 Å². The maximum Gasteiger partial charge on any atom is 0.343 e. The number of aromatic nitrogens is 3. The summed E-state index contributed by atoms with van der Waals surface area (Å²) in [6.45, 7) is 3.62. The highest BCUT2D eigenvalue weighted by Gasteiger charge is 2.12. The van der Waals surface area contributed by atoms with E-state index in [2.05, 4.69) is 15.4 Å². The maximum absolute atomic E-state index is 11.3. The number of H-pyrrole nitrogens is 1. The molecule has 15 heavy (non-hydrogen) atoms. The molecule has 1 unspecified atom stereocenters. The van der Waals surface area contributed by atoms with Gasteiger partial charge in [-0.3, -0.25) is 4.98 Å². The Morgan fingerprint density at radius 3 is 3.00 bits per heavy atom. The largest absolute Gasteiger partial charge is 0.343 e. The Morgan fingerprint density at radius 1 is 1.53 bits per heavy atom. The van der Waals surface area contributed by atoms with Crippen molar-refractivity contribution in [2.45, 2.75) is 45.2 Å². The van der Waals surface area contributed by atoms with Gasteiger partial charge in [0.25, 0.3) is 0 Å². The molecular weight excluding hydrogens is 192 g/mol. The lowest BCUT2D eigenvalue weighted by atomic mass is 10.0. The van der Waals surface area contributed by atoms with Crippen molar-refractivity contribution in [1.29, 1.82) is 0 Å². The van der Waals surface area contributed by atoms with Crippen LogP contribution in [0.4, 0.5) is 0 Å². The zero-order valence-corrected chi connectivity index (χ0v) is 9.12. The number of rotatable bonds is 3. The van der Waals surface area contributed by atoms with Crippen LogP contribution in [0.3, 0.4) is 0 Å². The lowest BCUT2D eigenvalue weighted by Gasteiger charge is -2.22. The Balaban J connectivity index is 1.87. The highest BCUT2D eigenvalue weighted by atomic mass is 16.1. The molecule has 0 saturated carbocycles. The summed E-state index contributed by atoms with van der Waals surface area (Å²) in [5.41, 5.74) is -0.0942. The van der Waals surface area contributed by atoms with Crippen LogP contribution in [0.15, 0.2) is 4.79 Å². The fourth-order valence-electron chi connectivity index (χ4n) is 2.07. The third-order valence-electron chi connectivity index (χ3n) is 2.89. The van der Waals surface area contributed by atoms with Crippen LogP contribution in [-0.2, 0) is 6.54 Å². The molecule has 1 aliphatic rings. The molecule has 0 spiro atoms. The molecule has 2 rings (SSSR count). The maximum atomic E-state index is 11.3. The number of hydrogen-bond acceptors (Lipinski definition) is 3. The Kier molecular flexibility index (Phi) is 3.20. The van der Waals surface area contributed by atoms with Crippen LogP contribution >= 0.6 is 0 Å². The van der Waals surface area contributed by atoms with Gasteiger partial charge in [-0.1, -0.05) is 6.42 Å². The minimum atomic E-state index is -0.0942. The number of nitrogens with one attached hydrogen (secondary N) is 2. The molecule has 1 atom stereocenters. The highest BCUT2D eigenvalue weighted by Crippen LogP contribution is 2.10. The summed E-state index contributed by atoms with van der Waals surface area (Å²) in [5.74, 6) is 0.691. The summed E-state index contributed by atoms with van der Waals surface area (Å²) in [6, 6.07) is 0.558. The van der Waals surface area contributed by atoms with E-state index in [0.29, 0.717) is 18.4 Å². The SMILES string of the molecule is Cc1nn(CCC2CCCCN2)c(=O)[nH]1. The van der Waals surface area contributed by atoms with E-state index in [9.17, 15) is 4.79 Å². The Morgan fingerprint density at radius 2 is 2.40 bits per heavy atom. The lowest BCUT2D eigenvalue weighted by Crippen LogP contribution is -2.35. The summed E-state index contributed by atoms with van der Waals surface area (Å²) >= 11 is 0. The quantitative estimate of drug-likeness (QED) is 0.759. The van der Waals surface area contributed by atoms with Crippen molar-refractivity contribution in [1.82, 2.24) is 20.1 Å². The van der Waals surface area contributed by atoms with Crippen LogP contribution < -0.4 is 11.0 Å². The number of piperidine rings is 1. The average molecular weight is 210 g/mol. The van der Waals surface area contributed by atoms with E-state index in [1.54, 1.807) is 6.92 Å². The average Bonchev–Trinajstić information content (AvgIpc) is 2.56. The van der Waals surface area contributed by atoms with E-state index >= 15 is 0 Å². The van der Waals surface area contributed by atoms with Gasteiger partial charge in [0.2, 0.25) is 0 Å². The van der Waals surface area contributed by atoms with Crippen LogP contribution in [0, 0.1) is 6.92 Å². The smallest absolute Gasteiger partial charge is 0.314 e. The molecule has 1 aromatic heterocycles.